The van der Waals surface area contributed by atoms with Crippen LogP contribution in [0.5, 0.6) is 0 Å². The highest BCUT2D eigenvalue weighted by Crippen LogP contribution is 2.36. The summed E-state index contributed by atoms with van der Waals surface area (Å²) in [7, 11) is 1.38. The summed E-state index contributed by atoms with van der Waals surface area (Å²) in [4.78, 5) is 15.1. The largest absolute Gasteiger partial charge is 0.465 e. The molecule has 0 saturated carbocycles. The Morgan fingerprint density at radius 1 is 1.29 bits per heavy atom. The van der Waals surface area contributed by atoms with E-state index in [-0.39, 0.29) is 5.97 Å². The summed E-state index contributed by atoms with van der Waals surface area (Å²) < 4.78 is 10.2. The molecule has 1 N–H and O–H groups in total. The number of carbonyl (C=O) groups is 1. The molecule has 24 heavy (non-hydrogen) atoms. The van der Waals surface area contributed by atoms with E-state index >= 15 is 0 Å². The van der Waals surface area contributed by atoms with Crippen LogP contribution in [0.15, 0.2) is 36.4 Å². The smallest absolute Gasteiger partial charge is 0.340 e. The normalized spacial score (nSPS) is 14.3. The molecule has 2 aromatic rings. The van der Waals surface area contributed by atoms with Crippen LogP contribution in [0.3, 0.4) is 0 Å². The second-order valence-electron chi connectivity index (χ2n) is 5.24. The highest BCUT2D eigenvalue weighted by Gasteiger charge is 2.21. The minimum absolute atomic E-state index is 0.374. The fraction of sp³-hybridized carbons (Fsp3) is 0.294. The Bertz CT molecular complexity index is 725. The number of thiocarbonyl (C=S) groups is 1. The van der Waals surface area contributed by atoms with Crippen molar-refractivity contribution in [1.29, 1.82) is 0 Å². The van der Waals surface area contributed by atoms with Gasteiger partial charge in [0.25, 0.3) is 0 Å². The predicted molar refractivity (Wildman–Crippen MR) is 99.7 cm³/mol. The molecule has 1 saturated heterocycles. The number of anilines is 1. The van der Waals surface area contributed by atoms with Crippen molar-refractivity contribution in [3.8, 4) is 10.4 Å². The van der Waals surface area contributed by atoms with E-state index in [1.165, 1.54) is 18.4 Å². The van der Waals surface area contributed by atoms with E-state index in [1.807, 2.05) is 41.3 Å². The lowest BCUT2D eigenvalue weighted by molar-refractivity contribution is 0.0602. The fourth-order valence-corrected chi connectivity index (χ4v) is 3.83. The number of methoxy groups -OCH3 is 1. The number of nitrogens with zero attached hydrogens (tertiary/aromatic N) is 1. The van der Waals surface area contributed by atoms with Gasteiger partial charge < -0.3 is 19.7 Å². The zero-order valence-corrected chi connectivity index (χ0v) is 14.9. The fourth-order valence-electron chi connectivity index (χ4n) is 2.43. The Labute approximate surface area is 150 Å². The molecule has 5 nitrogen and oxygen atoms in total. The van der Waals surface area contributed by atoms with Crippen molar-refractivity contribution in [3.05, 3.63) is 42.0 Å². The van der Waals surface area contributed by atoms with Gasteiger partial charge in [-0.25, -0.2) is 4.79 Å². The van der Waals surface area contributed by atoms with Gasteiger partial charge in [-0.3, -0.25) is 0 Å². The second kappa shape index (κ2) is 7.74. The lowest BCUT2D eigenvalue weighted by Crippen LogP contribution is -2.42. The first-order valence-corrected chi connectivity index (χ1v) is 8.83. The third kappa shape index (κ3) is 3.75. The van der Waals surface area contributed by atoms with Crippen LogP contribution in [-0.4, -0.2) is 49.4 Å². The van der Waals surface area contributed by atoms with Gasteiger partial charge in [0.15, 0.2) is 5.11 Å². The number of thiophene rings is 1. The van der Waals surface area contributed by atoms with Gasteiger partial charge in [-0.2, -0.15) is 0 Å². The molecular formula is C17H18N2O3S2. The van der Waals surface area contributed by atoms with Crippen LogP contribution in [0.1, 0.15) is 10.4 Å². The first kappa shape index (κ1) is 16.9. The molecule has 0 atom stereocenters. The Balaban J connectivity index is 1.86. The summed E-state index contributed by atoms with van der Waals surface area (Å²) >= 11 is 6.97. The zero-order valence-electron chi connectivity index (χ0n) is 13.3. The van der Waals surface area contributed by atoms with E-state index in [0.29, 0.717) is 28.9 Å². The van der Waals surface area contributed by atoms with Crippen LogP contribution < -0.4 is 5.32 Å². The van der Waals surface area contributed by atoms with Crippen molar-refractivity contribution >= 4 is 39.6 Å². The number of esters is 1. The number of hydrogen-bond acceptors (Lipinski definition) is 5. The van der Waals surface area contributed by atoms with Gasteiger partial charge in [-0.1, -0.05) is 30.3 Å². The van der Waals surface area contributed by atoms with Gasteiger partial charge in [-0.05, 0) is 23.8 Å². The van der Waals surface area contributed by atoms with Crippen LogP contribution in [-0.2, 0) is 9.47 Å². The zero-order chi connectivity index (χ0) is 16.9. The van der Waals surface area contributed by atoms with Crippen LogP contribution in [0.4, 0.5) is 5.00 Å². The predicted octanol–water partition coefficient (Wildman–Crippen LogP) is 3.23. The van der Waals surface area contributed by atoms with Crippen LogP contribution in [0.2, 0.25) is 0 Å². The highest BCUT2D eigenvalue weighted by atomic mass is 32.1. The second-order valence-corrected chi connectivity index (χ2v) is 6.68. The summed E-state index contributed by atoms with van der Waals surface area (Å²) in [6.45, 7) is 2.81. The molecule has 1 aromatic carbocycles. The monoisotopic (exact) mass is 362 g/mol. The maximum Gasteiger partial charge on any atom is 0.340 e. The molecule has 0 aliphatic carbocycles. The van der Waals surface area contributed by atoms with Gasteiger partial charge in [0.1, 0.15) is 5.00 Å². The Morgan fingerprint density at radius 2 is 2.00 bits per heavy atom. The van der Waals surface area contributed by atoms with E-state index in [0.717, 1.165) is 23.5 Å². The molecule has 3 rings (SSSR count). The quantitative estimate of drug-likeness (QED) is 0.668. The maximum atomic E-state index is 12.1. The van der Waals surface area contributed by atoms with Gasteiger partial charge in [-0.15, -0.1) is 11.3 Å². The number of morpholine rings is 1. The molecule has 0 bridgehead atoms. The van der Waals surface area contributed by atoms with Crippen LogP contribution in [0, 0.1) is 0 Å². The third-order valence-corrected chi connectivity index (χ3v) is 5.17. The first-order valence-electron chi connectivity index (χ1n) is 7.60. The number of rotatable bonds is 3. The van der Waals surface area contributed by atoms with Crippen molar-refractivity contribution in [2.75, 3.05) is 38.7 Å². The SMILES string of the molecule is COC(=O)c1cc(-c2ccccc2)sc1NC(=S)N1CCOCC1. The summed E-state index contributed by atoms with van der Waals surface area (Å²) in [5.41, 5.74) is 1.55. The average molecular weight is 362 g/mol. The van der Waals surface area contributed by atoms with Crippen molar-refractivity contribution in [3.63, 3.8) is 0 Å². The van der Waals surface area contributed by atoms with E-state index in [2.05, 4.69) is 5.32 Å². The Kier molecular flexibility index (Phi) is 5.44. The van der Waals surface area contributed by atoms with Crippen molar-refractivity contribution < 1.29 is 14.3 Å². The van der Waals surface area contributed by atoms with Crippen molar-refractivity contribution in [1.82, 2.24) is 4.90 Å². The van der Waals surface area contributed by atoms with Gasteiger partial charge in [0, 0.05) is 18.0 Å². The van der Waals surface area contributed by atoms with Gasteiger partial charge in [0.05, 0.1) is 25.9 Å². The number of carbonyl (C=O) groups excluding carboxylic acids is 1. The van der Waals surface area contributed by atoms with E-state index in [4.69, 9.17) is 21.7 Å². The molecular weight excluding hydrogens is 344 g/mol. The Hall–Kier alpha value is -1.96. The number of hydrogen-bond donors (Lipinski definition) is 1. The molecule has 1 fully saturated rings. The molecule has 0 radical (unpaired) electrons. The number of ether oxygens (including phenoxy) is 2. The van der Waals surface area contributed by atoms with Gasteiger partial charge in [0.2, 0.25) is 0 Å². The highest BCUT2D eigenvalue weighted by molar-refractivity contribution is 7.80. The standard InChI is InChI=1S/C17H18N2O3S2/c1-21-16(20)13-11-14(12-5-3-2-4-6-12)24-15(13)18-17(23)19-7-9-22-10-8-19/h2-6,11H,7-10H2,1H3,(H,18,23). The van der Waals surface area contributed by atoms with Crippen LogP contribution >= 0.6 is 23.6 Å². The van der Waals surface area contributed by atoms with Crippen molar-refractivity contribution in [2.45, 2.75) is 0 Å². The Morgan fingerprint density at radius 3 is 2.67 bits per heavy atom. The molecule has 2 heterocycles. The molecule has 0 spiro atoms. The summed E-state index contributed by atoms with van der Waals surface area (Å²) in [5, 5.41) is 4.51. The molecule has 7 heteroatoms. The molecule has 1 aliphatic rings. The molecule has 1 aliphatic heterocycles. The average Bonchev–Trinajstić information content (AvgIpc) is 3.06. The minimum Gasteiger partial charge on any atom is -0.465 e. The van der Waals surface area contributed by atoms with E-state index in [1.54, 1.807) is 0 Å². The van der Waals surface area contributed by atoms with Crippen molar-refractivity contribution in [2.24, 2.45) is 0 Å². The number of benzene rings is 1. The lowest BCUT2D eigenvalue weighted by atomic mass is 10.1. The summed E-state index contributed by atoms with van der Waals surface area (Å²) in [6, 6.07) is 11.8. The number of nitrogens with one attached hydrogen (secondary N) is 1. The molecule has 1 aromatic heterocycles. The first-order chi connectivity index (χ1) is 11.7. The minimum atomic E-state index is -0.374. The molecule has 0 amide bonds. The van der Waals surface area contributed by atoms with E-state index in [9.17, 15) is 4.79 Å². The summed E-state index contributed by atoms with van der Waals surface area (Å²) in [6.07, 6.45) is 0. The van der Waals surface area contributed by atoms with E-state index < -0.39 is 0 Å². The summed E-state index contributed by atoms with van der Waals surface area (Å²) in [5.74, 6) is -0.374. The maximum absolute atomic E-state index is 12.1. The topological polar surface area (TPSA) is 50.8 Å². The third-order valence-electron chi connectivity index (χ3n) is 3.71. The molecule has 126 valence electrons. The van der Waals surface area contributed by atoms with Gasteiger partial charge >= 0.3 is 5.97 Å². The van der Waals surface area contributed by atoms with Crippen LogP contribution in [0.25, 0.3) is 10.4 Å². The molecule has 0 unspecified atom stereocenters. The lowest BCUT2D eigenvalue weighted by Gasteiger charge is -2.29.